The number of alkyl halides is 1. The molecule has 88 valence electrons. The summed E-state index contributed by atoms with van der Waals surface area (Å²) in [5.74, 6) is 0.547. The van der Waals surface area contributed by atoms with Gasteiger partial charge in [0.05, 0.1) is 7.11 Å². The van der Waals surface area contributed by atoms with Crippen LogP contribution in [0.3, 0.4) is 0 Å². The van der Waals surface area contributed by atoms with Gasteiger partial charge in [-0.3, -0.25) is 4.79 Å². The topological polar surface area (TPSA) is 26.3 Å². The first-order valence-electron chi connectivity index (χ1n) is 5.48. The van der Waals surface area contributed by atoms with Crippen molar-refractivity contribution in [2.45, 2.75) is 32.4 Å². The Morgan fingerprint density at radius 1 is 1.38 bits per heavy atom. The van der Waals surface area contributed by atoms with Crippen LogP contribution in [0.1, 0.15) is 36.5 Å². The van der Waals surface area contributed by atoms with E-state index >= 15 is 0 Å². The quantitative estimate of drug-likeness (QED) is 0.692. The van der Waals surface area contributed by atoms with Crippen molar-refractivity contribution in [1.82, 2.24) is 0 Å². The van der Waals surface area contributed by atoms with E-state index in [2.05, 4.69) is 0 Å². The Hall–Kier alpha value is -1.38. The Kier molecular flexibility index (Phi) is 4.96. The summed E-state index contributed by atoms with van der Waals surface area (Å²) < 4.78 is 18.2. The van der Waals surface area contributed by atoms with Crippen molar-refractivity contribution in [2.24, 2.45) is 0 Å². The van der Waals surface area contributed by atoms with Gasteiger partial charge < -0.3 is 4.74 Å². The molecule has 0 aliphatic heterocycles. The number of hydrogen-bond donors (Lipinski definition) is 0. The van der Waals surface area contributed by atoms with Gasteiger partial charge in [0.2, 0.25) is 0 Å². The maximum atomic E-state index is 13.2. The van der Waals surface area contributed by atoms with Crippen molar-refractivity contribution in [3.05, 3.63) is 29.8 Å². The minimum atomic E-state index is -1.03. The average molecular weight is 224 g/mol. The molecule has 0 N–H and O–H groups in total. The van der Waals surface area contributed by atoms with Gasteiger partial charge in [-0.15, -0.1) is 0 Å². The Labute approximate surface area is 95.4 Å². The van der Waals surface area contributed by atoms with Gasteiger partial charge in [-0.25, -0.2) is 4.39 Å². The number of ether oxygens (including phenoxy) is 1. The average Bonchev–Trinajstić information content (AvgIpc) is 2.29. The van der Waals surface area contributed by atoms with Crippen LogP contribution in [0, 0.1) is 0 Å². The predicted molar refractivity (Wildman–Crippen MR) is 61.7 cm³/mol. The van der Waals surface area contributed by atoms with Crippen LogP contribution in [0.4, 0.5) is 4.39 Å². The number of ketones is 1. The molecule has 3 heteroatoms. The number of methoxy groups -OCH3 is 1. The third-order valence-electron chi connectivity index (χ3n) is 2.42. The third-order valence-corrected chi connectivity index (χ3v) is 2.42. The molecule has 0 bridgehead atoms. The van der Waals surface area contributed by atoms with Crippen LogP contribution in [-0.2, 0) is 0 Å². The number of benzene rings is 1. The molecule has 0 aromatic heterocycles. The van der Waals surface area contributed by atoms with Gasteiger partial charge in [-0.2, -0.15) is 0 Å². The molecule has 2 nitrogen and oxygen atoms in total. The highest BCUT2D eigenvalue weighted by molar-refractivity contribution is 5.96. The van der Waals surface area contributed by atoms with E-state index in [0.29, 0.717) is 17.7 Å². The molecule has 0 fully saturated rings. The summed E-state index contributed by atoms with van der Waals surface area (Å²) in [6.07, 6.45) is 0.152. The number of Topliss-reactive ketones (excluding diaryl/α,β-unsaturated/α-hetero) is 1. The molecule has 0 spiro atoms. The molecule has 0 saturated carbocycles. The lowest BCUT2D eigenvalue weighted by Crippen LogP contribution is -2.09. The van der Waals surface area contributed by atoms with E-state index in [4.69, 9.17) is 4.74 Å². The highest BCUT2D eigenvalue weighted by Gasteiger charge is 2.13. The maximum absolute atomic E-state index is 13.2. The van der Waals surface area contributed by atoms with Crippen molar-refractivity contribution in [2.75, 3.05) is 7.11 Å². The fourth-order valence-electron chi connectivity index (χ4n) is 1.51. The van der Waals surface area contributed by atoms with Crippen LogP contribution in [0.15, 0.2) is 24.3 Å². The van der Waals surface area contributed by atoms with E-state index < -0.39 is 6.17 Å². The van der Waals surface area contributed by atoms with E-state index in [-0.39, 0.29) is 12.2 Å². The molecule has 0 heterocycles. The molecule has 0 saturated heterocycles. The molecule has 0 amide bonds. The van der Waals surface area contributed by atoms with E-state index in [0.717, 1.165) is 6.42 Å². The van der Waals surface area contributed by atoms with E-state index in [9.17, 15) is 9.18 Å². The summed E-state index contributed by atoms with van der Waals surface area (Å²) >= 11 is 0. The number of carbonyl (C=O) groups is 1. The molecule has 1 aromatic rings. The minimum absolute atomic E-state index is 0.0276. The van der Waals surface area contributed by atoms with Gasteiger partial charge in [0.25, 0.3) is 0 Å². The summed E-state index contributed by atoms with van der Waals surface area (Å²) in [6.45, 7) is 1.91. The molecule has 1 atom stereocenters. The molecule has 16 heavy (non-hydrogen) atoms. The summed E-state index contributed by atoms with van der Waals surface area (Å²) in [5, 5.41) is 0. The summed E-state index contributed by atoms with van der Waals surface area (Å²) in [4.78, 5) is 11.6. The molecular formula is C13H17FO2. The van der Waals surface area contributed by atoms with Crippen molar-refractivity contribution in [1.29, 1.82) is 0 Å². The second kappa shape index (κ2) is 6.26. The highest BCUT2D eigenvalue weighted by atomic mass is 19.1. The van der Waals surface area contributed by atoms with Crippen LogP contribution >= 0.6 is 0 Å². The fourth-order valence-corrected chi connectivity index (χ4v) is 1.51. The molecule has 0 radical (unpaired) electrons. The fraction of sp³-hybridized carbons (Fsp3) is 0.462. The monoisotopic (exact) mass is 224 g/mol. The second-order valence-corrected chi connectivity index (χ2v) is 3.74. The summed E-state index contributed by atoms with van der Waals surface area (Å²) in [7, 11) is 1.57. The first kappa shape index (κ1) is 12.7. The maximum Gasteiger partial charge on any atom is 0.165 e. The molecule has 0 aliphatic carbocycles. The Morgan fingerprint density at radius 2 is 2.00 bits per heavy atom. The first-order chi connectivity index (χ1) is 7.67. The van der Waals surface area contributed by atoms with Gasteiger partial charge in [-0.05, 0) is 30.7 Å². The van der Waals surface area contributed by atoms with Crippen molar-refractivity contribution >= 4 is 5.78 Å². The number of halogens is 1. The zero-order chi connectivity index (χ0) is 12.0. The van der Waals surface area contributed by atoms with Crippen LogP contribution in [0.5, 0.6) is 5.75 Å². The number of carbonyl (C=O) groups excluding carboxylic acids is 1. The Balaban J connectivity index is 2.59. The van der Waals surface area contributed by atoms with Crippen LogP contribution in [-0.4, -0.2) is 19.1 Å². The largest absolute Gasteiger partial charge is 0.497 e. The SMILES string of the molecule is CCCC(F)CC(=O)c1ccc(OC)cc1. The van der Waals surface area contributed by atoms with Crippen molar-refractivity contribution in [3.8, 4) is 5.75 Å². The van der Waals surface area contributed by atoms with E-state index in [1.807, 2.05) is 6.92 Å². The van der Waals surface area contributed by atoms with Gasteiger partial charge in [-0.1, -0.05) is 13.3 Å². The molecule has 1 aromatic carbocycles. The van der Waals surface area contributed by atoms with E-state index in [1.165, 1.54) is 0 Å². The van der Waals surface area contributed by atoms with Crippen LogP contribution < -0.4 is 4.74 Å². The van der Waals surface area contributed by atoms with Gasteiger partial charge in [0.1, 0.15) is 11.9 Å². The van der Waals surface area contributed by atoms with Crippen molar-refractivity contribution in [3.63, 3.8) is 0 Å². The molecule has 1 rings (SSSR count). The molecular weight excluding hydrogens is 207 g/mol. The van der Waals surface area contributed by atoms with Gasteiger partial charge in [0.15, 0.2) is 5.78 Å². The minimum Gasteiger partial charge on any atom is -0.497 e. The summed E-state index contributed by atoms with van der Waals surface area (Å²) in [6, 6.07) is 6.75. The lowest BCUT2D eigenvalue weighted by molar-refractivity contribution is 0.0943. The zero-order valence-corrected chi connectivity index (χ0v) is 9.70. The van der Waals surface area contributed by atoms with Gasteiger partial charge >= 0.3 is 0 Å². The van der Waals surface area contributed by atoms with Gasteiger partial charge in [0, 0.05) is 12.0 Å². The summed E-state index contributed by atoms with van der Waals surface area (Å²) in [5.41, 5.74) is 0.541. The predicted octanol–water partition coefficient (Wildman–Crippen LogP) is 3.41. The normalized spacial score (nSPS) is 12.2. The lowest BCUT2D eigenvalue weighted by atomic mass is 10.0. The molecule has 1 unspecified atom stereocenters. The highest BCUT2D eigenvalue weighted by Crippen LogP contribution is 2.15. The van der Waals surface area contributed by atoms with Crippen LogP contribution in [0.25, 0.3) is 0 Å². The first-order valence-corrected chi connectivity index (χ1v) is 5.48. The number of hydrogen-bond acceptors (Lipinski definition) is 2. The lowest BCUT2D eigenvalue weighted by Gasteiger charge is -2.06. The molecule has 0 aliphatic rings. The second-order valence-electron chi connectivity index (χ2n) is 3.74. The van der Waals surface area contributed by atoms with Crippen molar-refractivity contribution < 1.29 is 13.9 Å². The Morgan fingerprint density at radius 3 is 2.50 bits per heavy atom. The zero-order valence-electron chi connectivity index (χ0n) is 9.70. The number of rotatable bonds is 6. The van der Waals surface area contributed by atoms with E-state index in [1.54, 1.807) is 31.4 Å². The Bertz CT molecular complexity index is 332. The standard InChI is InChI=1S/C13H17FO2/c1-3-4-11(14)9-13(15)10-5-7-12(16-2)8-6-10/h5-8,11H,3-4,9H2,1-2H3. The third kappa shape index (κ3) is 3.65. The van der Waals surface area contributed by atoms with Crippen LogP contribution in [0.2, 0.25) is 0 Å². The smallest absolute Gasteiger partial charge is 0.165 e.